The summed E-state index contributed by atoms with van der Waals surface area (Å²) in [6, 6.07) is 5.75. The van der Waals surface area contributed by atoms with Crippen molar-refractivity contribution >= 4 is 22.4 Å². The van der Waals surface area contributed by atoms with E-state index >= 15 is 0 Å². The Balaban J connectivity index is 1.67. The Morgan fingerprint density at radius 2 is 1.95 bits per heavy atom. The molecule has 6 heteroatoms. The van der Waals surface area contributed by atoms with Crippen LogP contribution in [0.4, 0.5) is 9.52 Å². The van der Waals surface area contributed by atoms with Crippen molar-refractivity contribution in [2.75, 3.05) is 31.1 Å². The predicted octanol–water partition coefficient (Wildman–Crippen LogP) is 2.94. The summed E-state index contributed by atoms with van der Waals surface area (Å²) in [5.74, 6) is -0.352. The van der Waals surface area contributed by atoms with Crippen molar-refractivity contribution in [2.45, 2.75) is 13.3 Å². The highest BCUT2D eigenvalue weighted by molar-refractivity contribution is 7.15. The molecule has 1 fully saturated rings. The average Bonchev–Trinajstić information content (AvgIpc) is 2.81. The first-order chi connectivity index (χ1) is 10.6. The fourth-order valence-corrected chi connectivity index (χ4v) is 3.39. The number of halogens is 1. The maximum Gasteiger partial charge on any atom is 0.253 e. The smallest absolute Gasteiger partial charge is 0.253 e. The lowest BCUT2D eigenvalue weighted by atomic mass is 10.2. The van der Waals surface area contributed by atoms with E-state index in [2.05, 4.69) is 9.88 Å². The maximum atomic E-state index is 13.0. The van der Waals surface area contributed by atoms with E-state index in [1.165, 1.54) is 17.0 Å². The topological polar surface area (TPSA) is 36.4 Å². The molecule has 1 amide bonds. The maximum absolute atomic E-state index is 13.0. The Morgan fingerprint density at radius 1 is 1.18 bits per heavy atom. The minimum Gasteiger partial charge on any atom is -0.346 e. The monoisotopic (exact) mass is 319 g/mol. The Labute approximate surface area is 133 Å². The number of hydrogen-bond donors (Lipinski definition) is 0. The first-order valence-electron chi connectivity index (χ1n) is 7.36. The van der Waals surface area contributed by atoms with Crippen LogP contribution in [0.5, 0.6) is 0 Å². The first-order valence-corrected chi connectivity index (χ1v) is 8.17. The van der Waals surface area contributed by atoms with E-state index in [4.69, 9.17) is 0 Å². The van der Waals surface area contributed by atoms with Crippen LogP contribution in [-0.2, 0) is 0 Å². The third-order valence-corrected chi connectivity index (χ3v) is 4.73. The van der Waals surface area contributed by atoms with Gasteiger partial charge in [0.15, 0.2) is 5.13 Å². The molecule has 22 heavy (non-hydrogen) atoms. The summed E-state index contributed by atoms with van der Waals surface area (Å²) in [5.41, 5.74) is 0.542. The number of amides is 1. The molecule has 0 saturated carbocycles. The van der Waals surface area contributed by atoms with Gasteiger partial charge in [-0.05, 0) is 37.6 Å². The molecule has 0 aliphatic carbocycles. The van der Waals surface area contributed by atoms with E-state index in [1.807, 2.05) is 18.0 Å². The Morgan fingerprint density at radius 3 is 2.64 bits per heavy atom. The van der Waals surface area contributed by atoms with Crippen molar-refractivity contribution in [3.63, 3.8) is 0 Å². The van der Waals surface area contributed by atoms with Crippen LogP contribution < -0.4 is 4.90 Å². The molecule has 2 aromatic rings. The number of nitrogens with zero attached hydrogens (tertiary/aromatic N) is 3. The van der Waals surface area contributed by atoms with Gasteiger partial charge in [-0.25, -0.2) is 9.37 Å². The number of benzene rings is 1. The van der Waals surface area contributed by atoms with Gasteiger partial charge in [-0.1, -0.05) is 0 Å². The largest absolute Gasteiger partial charge is 0.346 e. The number of rotatable bonds is 2. The van der Waals surface area contributed by atoms with Crippen molar-refractivity contribution in [3.05, 3.63) is 46.7 Å². The molecule has 1 aliphatic rings. The van der Waals surface area contributed by atoms with Gasteiger partial charge < -0.3 is 9.80 Å². The van der Waals surface area contributed by atoms with Gasteiger partial charge in [-0.15, -0.1) is 11.3 Å². The molecular formula is C16H18FN3OS. The second-order valence-electron chi connectivity index (χ2n) is 5.39. The van der Waals surface area contributed by atoms with E-state index in [1.54, 1.807) is 23.5 Å². The zero-order valence-corrected chi connectivity index (χ0v) is 13.3. The third kappa shape index (κ3) is 3.27. The van der Waals surface area contributed by atoms with Gasteiger partial charge >= 0.3 is 0 Å². The summed E-state index contributed by atoms with van der Waals surface area (Å²) in [4.78, 5) is 22.2. The molecular weight excluding hydrogens is 301 g/mol. The highest BCUT2D eigenvalue weighted by Gasteiger charge is 2.21. The van der Waals surface area contributed by atoms with Gasteiger partial charge in [0.2, 0.25) is 0 Å². The van der Waals surface area contributed by atoms with Gasteiger partial charge in [-0.3, -0.25) is 4.79 Å². The lowest BCUT2D eigenvalue weighted by Gasteiger charge is -2.21. The molecule has 1 aromatic heterocycles. The van der Waals surface area contributed by atoms with Crippen LogP contribution in [-0.4, -0.2) is 42.0 Å². The highest BCUT2D eigenvalue weighted by atomic mass is 32.1. The zero-order valence-electron chi connectivity index (χ0n) is 12.5. The summed E-state index contributed by atoms with van der Waals surface area (Å²) < 4.78 is 13.0. The molecule has 0 unspecified atom stereocenters. The molecule has 2 heterocycles. The normalized spacial score (nSPS) is 15.7. The van der Waals surface area contributed by atoms with Gasteiger partial charge in [0.25, 0.3) is 5.91 Å². The lowest BCUT2D eigenvalue weighted by molar-refractivity contribution is 0.0767. The molecule has 3 rings (SSSR count). The highest BCUT2D eigenvalue weighted by Crippen LogP contribution is 2.23. The van der Waals surface area contributed by atoms with E-state index in [-0.39, 0.29) is 11.7 Å². The van der Waals surface area contributed by atoms with Gasteiger partial charge in [-0.2, -0.15) is 0 Å². The number of thiazole rings is 1. The van der Waals surface area contributed by atoms with Crippen LogP contribution in [0.3, 0.4) is 0 Å². The number of anilines is 1. The molecule has 0 N–H and O–H groups in total. The van der Waals surface area contributed by atoms with E-state index < -0.39 is 0 Å². The summed E-state index contributed by atoms with van der Waals surface area (Å²) in [5, 5.41) is 1.02. The van der Waals surface area contributed by atoms with Gasteiger partial charge in [0.1, 0.15) is 5.82 Å². The molecule has 116 valence electrons. The summed E-state index contributed by atoms with van der Waals surface area (Å²) >= 11 is 1.68. The summed E-state index contributed by atoms with van der Waals surface area (Å²) in [6.45, 7) is 5.11. The Kier molecular flexibility index (Phi) is 4.38. The fourth-order valence-electron chi connectivity index (χ4n) is 2.58. The van der Waals surface area contributed by atoms with Crippen LogP contribution in [0.25, 0.3) is 0 Å². The van der Waals surface area contributed by atoms with Gasteiger partial charge in [0, 0.05) is 42.8 Å². The third-order valence-electron chi connectivity index (χ3n) is 3.75. The number of aromatic nitrogens is 1. The van der Waals surface area contributed by atoms with Crippen LogP contribution in [0, 0.1) is 12.7 Å². The minimum atomic E-state index is -0.322. The van der Waals surface area contributed by atoms with Crippen LogP contribution >= 0.6 is 11.3 Å². The number of hydrogen-bond acceptors (Lipinski definition) is 4. The first kappa shape index (κ1) is 15.0. The van der Waals surface area contributed by atoms with Crippen molar-refractivity contribution in [3.8, 4) is 0 Å². The second kappa shape index (κ2) is 6.44. The quantitative estimate of drug-likeness (QED) is 0.854. The number of carbonyl (C=O) groups is 1. The Hall–Kier alpha value is -1.95. The van der Waals surface area contributed by atoms with E-state index in [0.29, 0.717) is 12.1 Å². The molecule has 0 atom stereocenters. The van der Waals surface area contributed by atoms with E-state index in [0.717, 1.165) is 31.2 Å². The van der Waals surface area contributed by atoms with Gasteiger partial charge in [0.05, 0.1) is 0 Å². The lowest BCUT2D eigenvalue weighted by Crippen LogP contribution is -2.35. The van der Waals surface area contributed by atoms with Crippen LogP contribution in [0.1, 0.15) is 21.7 Å². The molecule has 1 aliphatic heterocycles. The molecule has 1 aromatic carbocycles. The molecule has 4 nitrogen and oxygen atoms in total. The second-order valence-corrected chi connectivity index (χ2v) is 6.61. The average molecular weight is 319 g/mol. The fraction of sp³-hybridized carbons (Fsp3) is 0.375. The summed E-state index contributed by atoms with van der Waals surface area (Å²) in [7, 11) is 0. The molecule has 0 spiro atoms. The SMILES string of the molecule is Cc1cnc(N2CCCN(C(=O)c3ccc(F)cc3)CC2)s1. The minimum absolute atomic E-state index is 0.0304. The van der Waals surface area contributed by atoms with Crippen LogP contribution in [0.2, 0.25) is 0 Å². The predicted molar refractivity (Wildman–Crippen MR) is 86.0 cm³/mol. The van der Waals surface area contributed by atoms with Crippen molar-refractivity contribution < 1.29 is 9.18 Å². The Bertz CT molecular complexity index is 656. The van der Waals surface area contributed by atoms with Crippen molar-refractivity contribution in [1.82, 2.24) is 9.88 Å². The van der Waals surface area contributed by atoms with Crippen LogP contribution in [0.15, 0.2) is 30.5 Å². The number of carbonyl (C=O) groups excluding carboxylic acids is 1. The zero-order chi connectivity index (χ0) is 15.5. The molecule has 0 bridgehead atoms. The van der Waals surface area contributed by atoms with Crippen molar-refractivity contribution in [2.24, 2.45) is 0 Å². The number of aryl methyl sites for hydroxylation is 1. The molecule has 1 saturated heterocycles. The standard InChI is InChI=1S/C16H18FN3OS/c1-12-11-18-16(22-12)20-8-2-7-19(9-10-20)15(21)13-3-5-14(17)6-4-13/h3-6,11H,2,7-10H2,1H3. The summed E-state index contributed by atoms with van der Waals surface area (Å²) in [6.07, 6.45) is 2.79. The van der Waals surface area contributed by atoms with E-state index in [9.17, 15) is 9.18 Å². The molecule has 0 radical (unpaired) electrons. The van der Waals surface area contributed by atoms with Crippen molar-refractivity contribution in [1.29, 1.82) is 0 Å².